The molecule has 0 radical (unpaired) electrons. The number of allylic oxidation sites excluding steroid dienone is 3. The molecule has 0 heterocycles. The summed E-state index contributed by atoms with van der Waals surface area (Å²) < 4.78 is 0. The third kappa shape index (κ3) is 2.57. The predicted octanol–water partition coefficient (Wildman–Crippen LogP) is 3.59. The Morgan fingerprint density at radius 3 is 2.30 bits per heavy atom. The van der Waals surface area contributed by atoms with E-state index in [-0.39, 0.29) is 11.6 Å². The van der Waals surface area contributed by atoms with Crippen LogP contribution in [0.5, 0.6) is 0 Å². The molecule has 20 heavy (non-hydrogen) atoms. The molecule has 0 aromatic heterocycles. The topological polar surface area (TPSA) is 46.2 Å². The summed E-state index contributed by atoms with van der Waals surface area (Å²) >= 11 is 0. The lowest BCUT2D eigenvalue weighted by Gasteiger charge is -2.19. The molecule has 0 unspecified atom stereocenters. The van der Waals surface area contributed by atoms with Gasteiger partial charge in [0.2, 0.25) is 5.78 Å². The number of anilines is 1. The van der Waals surface area contributed by atoms with E-state index in [2.05, 4.69) is 19.2 Å². The van der Waals surface area contributed by atoms with Gasteiger partial charge in [-0.3, -0.25) is 9.59 Å². The molecule has 0 fully saturated rings. The van der Waals surface area contributed by atoms with E-state index in [0.29, 0.717) is 22.8 Å². The third-order valence-corrected chi connectivity index (χ3v) is 3.64. The zero-order chi connectivity index (χ0) is 14.9. The molecule has 0 bridgehead atoms. The highest BCUT2D eigenvalue weighted by Crippen LogP contribution is 2.27. The Labute approximate surface area is 119 Å². The minimum atomic E-state index is -0.111. The third-order valence-electron chi connectivity index (χ3n) is 3.64. The minimum Gasteiger partial charge on any atom is -0.352 e. The molecule has 1 aliphatic rings. The summed E-state index contributed by atoms with van der Waals surface area (Å²) in [5, 5.41) is 3.12. The van der Waals surface area contributed by atoms with E-state index in [0.717, 1.165) is 11.3 Å². The molecule has 104 valence electrons. The molecule has 0 spiro atoms. The van der Waals surface area contributed by atoms with Gasteiger partial charge in [0.1, 0.15) is 0 Å². The summed E-state index contributed by atoms with van der Waals surface area (Å²) in [5.41, 5.74) is 3.39. The number of benzene rings is 1. The summed E-state index contributed by atoms with van der Waals surface area (Å²) in [6.07, 6.45) is 1.39. The van der Waals surface area contributed by atoms with Crippen molar-refractivity contribution in [2.75, 3.05) is 5.32 Å². The van der Waals surface area contributed by atoms with Crippen molar-refractivity contribution in [3.8, 4) is 0 Å². The lowest BCUT2D eigenvalue weighted by atomic mass is 9.94. The Kier molecular flexibility index (Phi) is 3.89. The van der Waals surface area contributed by atoms with Crippen LogP contribution in [-0.2, 0) is 9.59 Å². The molecule has 0 aliphatic heterocycles. The summed E-state index contributed by atoms with van der Waals surface area (Å²) in [5.74, 6) is 0.124. The van der Waals surface area contributed by atoms with Crippen LogP contribution >= 0.6 is 0 Å². The number of rotatable bonds is 3. The second-order valence-electron chi connectivity index (χ2n) is 5.37. The maximum atomic E-state index is 12.2. The van der Waals surface area contributed by atoms with Crippen molar-refractivity contribution in [1.82, 2.24) is 0 Å². The Morgan fingerprint density at radius 1 is 1.00 bits per heavy atom. The average Bonchev–Trinajstić information content (AvgIpc) is 2.43. The first-order valence-corrected chi connectivity index (χ1v) is 6.76. The quantitative estimate of drug-likeness (QED) is 0.853. The summed E-state index contributed by atoms with van der Waals surface area (Å²) in [4.78, 5) is 24.1. The normalized spacial score (nSPS) is 15.8. The largest absolute Gasteiger partial charge is 0.352 e. The van der Waals surface area contributed by atoms with E-state index < -0.39 is 0 Å². The van der Waals surface area contributed by atoms with Gasteiger partial charge >= 0.3 is 0 Å². The fourth-order valence-electron chi connectivity index (χ4n) is 2.21. The first-order valence-electron chi connectivity index (χ1n) is 6.76. The van der Waals surface area contributed by atoms with Gasteiger partial charge in [0.25, 0.3) is 0 Å². The number of hydrogen-bond donors (Lipinski definition) is 1. The van der Waals surface area contributed by atoms with Crippen molar-refractivity contribution in [3.05, 3.63) is 52.7 Å². The molecular formula is C17H19NO2. The van der Waals surface area contributed by atoms with E-state index >= 15 is 0 Å². The van der Waals surface area contributed by atoms with Gasteiger partial charge in [-0.05, 0) is 31.4 Å². The van der Waals surface area contributed by atoms with E-state index in [1.165, 1.54) is 6.08 Å². The second-order valence-corrected chi connectivity index (χ2v) is 5.37. The Balaban J connectivity index is 2.35. The Hall–Kier alpha value is -2.16. The van der Waals surface area contributed by atoms with Crippen molar-refractivity contribution >= 4 is 17.3 Å². The lowest BCUT2D eigenvalue weighted by Crippen LogP contribution is -2.21. The number of carbonyl (C=O) groups is 2. The van der Waals surface area contributed by atoms with Crippen molar-refractivity contribution in [2.45, 2.75) is 33.6 Å². The number of ketones is 2. The van der Waals surface area contributed by atoms with Gasteiger partial charge in [0.15, 0.2) is 5.78 Å². The fraction of sp³-hybridized carbons (Fsp3) is 0.294. The standard InChI is InChI=1S/C17H19NO2/c1-10(2)13-7-5-6-8-14(13)18-15-9-16(19)11(3)12(4)17(15)20/h5-10,18H,1-4H3. The number of para-hydroxylation sites is 1. The van der Waals surface area contributed by atoms with Gasteiger partial charge < -0.3 is 5.32 Å². The minimum absolute atomic E-state index is 0.105. The maximum absolute atomic E-state index is 12.2. The van der Waals surface area contributed by atoms with Gasteiger partial charge in [-0.15, -0.1) is 0 Å². The number of Topliss-reactive ketones (excluding diaryl/α,β-unsaturated/α-hetero) is 1. The monoisotopic (exact) mass is 269 g/mol. The first-order chi connectivity index (χ1) is 9.41. The van der Waals surface area contributed by atoms with E-state index in [1.54, 1.807) is 13.8 Å². The lowest BCUT2D eigenvalue weighted by molar-refractivity contribution is -0.115. The summed E-state index contributed by atoms with van der Waals surface area (Å²) in [6, 6.07) is 7.83. The van der Waals surface area contributed by atoms with Gasteiger partial charge in [-0.2, -0.15) is 0 Å². The zero-order valence-corrected chi connectivity index (χ0v) is 12.3. The van der Waals surface area contributed by atoms with Crippen LogP contribution in [0.4, 0.5) is 5.69 Å². The molecule has 1 aromatic carbocycles. The predicted molar refractivity (Wildman–Crippen MR) is 80.6 cm³/mol. The molecule has 0 saturated heterocycles. The molecule has 0 amide bonds. The van der Waals surface area contributed by atoms with Gasteiger partial charge in [-0.25, -0.2) is 0 Å². The van der Waals surface area contributed by atoms with Crippen LogP contribution in [0.15, 0.2) is 47.2 Å². The molecular weight excluding hydrogens is 250 g/mol. The van der Waals surface area contributed by atoms with Crippen LogP contribution in [0.25, 0.3) is 0 Å². The summed E-state index contributed by atoms with van der Waals surface area (Å²) in [7, 11) is 0. The van der Waals surface area contributed by atoms with E-state index in [9.17, 15) is 9.59 Å². The summed E-state index contributed by atoms with van der Waals surface area (Å²) in [6.45, 7) is 7.57. The van der Waals surface area contributed by atoms with Crippen molar-refractivity contribution in [3.63, 3.8) is 0 Å². The van der Waals surface area contributed by atoms with Crippen molar-refractivity contribution in [1.29, 1.82) is 0 Å². The Morgan fingerprint density at radius 2 is 1.65 bits per heavy atom. The fourth-order valence-corrected chi connectivity index (χ4v) is 2.21. The van der Waals surface area contributed by atoms with Crippen LogP contribution < -0.4 is 5.32 Å². The van der Waals surface area contributed by atoms with Gasteiger partial charge in [0.05, 0.1) is 5.70 Å². The first kappa shape index (κ1) is 14.3. The van der Waals surface area contributed by atoms with Crippen molar-refractivity contribution < 1.29 is 9.59 Å². The van der Waals surface area contributed by atoms with E-state index in [4.69, 9.17) is 0 Å². The van der Waals surface area contributed by atoms with Crippen LogP contribution in [0.3, 0.4) is 0 Å². The van der Waals surface area contributed by atoms with Gasteiger partial charge in [-0.1, -0.05) is 32.0 Å². The highest BCUT2D eigenvalue weighted by molar-refractivity contribution is 6.23. The molecule has 1 N–H and O–H groups in total. The molecule has 3 heteroatoms. The van der Waals surface area contributed by atoms with Crippen molar-refractivity contribution in [2.24, 2.45) is 0 Å². The highest BCUT2D eigenvalue weighted by atomic mass is 16.1. The molecule has 1 aliphatic carbocycles. The highest BCUT2D eigenvalue weighted by Gasteiger charge is 2.23. The molecule has 1 aromatic rings. The molecule has 3 nitrogen and oxygen atoms in total. The maximum Gasteiger partial charge on any atom is 0.205 e. The average molecular weight is 269 g/mol. The van der Waals surface area contributed by atoms with Crippen LogP contribution in [0.2, 0.25) is 0 Å². The van der Waals surface area contributed by atoms with Crippen LogP contribution in [-0.4, -0.2) is 11.6 Å². The number of carbonyl (C=O) groups excluding carboxylic acids is 2. The second kappa shape index (κ2) is 5.45. The van der Waals surface area contributed by atoms with Crippen LogP contribution in [0.1, 0.15) is 39.2 Å². The Bertz CT molecular complexity index is 636. The van der Waals surface area contributed by atoms with Crippen LogP contribution in [0, 0.1) is 0 Å². The number of nitrogens with one attached hydrogen (secondary N) is 1. The molecule has 0 atom stereocenters. The molecule has 0 saturated carbocycles. The van der Waals surface area contributed by atoms with E-state index in [1.807, 2.05) is 24.3 Å². The number of hydrogen-bond acceptors (Lipinski definition) is 3. The molecule has 2 rings (SSSR count). The smallest absolute Gasteiger partial charge is 0.205 e. The zero-order valence-electron chi connectivity index (χ0n) is 12.3. The SMILES string of the molecule is CC1=C(C)C(=O)C(Nc2ccccc2C(C)C)=CC1=O. The van der Waals surface area contributed by atoms with Gasteiger partial charge in [0, 0.05) is 22.9 Å².